The zero-order valence-electron chi connectivity index (χ0n) is 12.5. The summed E-state index contributed by atoms with van der Waals surface area (Å²) in [5.41, 5.74) is 5.45. The predicted molar refractivity (Wildman–Crippen MR) is 93.4 cm³/mol. The van der Waals surface area contributed by atoms with Crippen LogP contribution in [-0.4, -0.2) is 31.1 Å². The molecule has 0 amide bonds. The van der Waals surface area contributed by atoms with Gasteiger partial charge in [-0.2, -0.15) is 0 Å². The number of fused-ring (bicyclic) bond motifs is 1. The number of piperazine rings is 1. The van der Waals surface area contributed by atoms with Gasteiger partial charge in [-0.3, -0.25) is 0 Å². The first-order valence-corrected chi connectivity index (χ1v) is 8.22. The van der Waals surface area contributed by atoms with E-state index in [1.165, 1.54) is 16.8 Å². The molecule has 2 nitrogen and oxygen atoms in total. The van der Waals surface area contributed by atoms with Crippen LogP contribution in [0.5, 0.6) is 0 Å². The molecule has 1 aliphatic carbocycles. The molecule has 0 atom stereocenters. The van der Waals surface area contributed by atoms with Gasteiger partial charge in [0.05, 0.1) is 10.7 Å². The summed E-state index contributed by atoms with van der Waals surface area (Å²) in [6, 6.07) is 16.8. The molecule has 0 spiro atoms. The van der Waals surface area contributed by atoms with Crippen molar-refractivity contribution in [1.82, 2.24) is 4.90 Å². The Bertz CT molecular complexity index is 715. The SMILES string of the molecule is Clc1ccccc1N1CCN(C2=Cc3ccccc3C2)CC1. The van der Waals surface area contributed by atoms with Gasteiger partial charge in [0.2, 0.25) is 0 Å². The second kappa shape index (κ2) is 5.69. The van der Waals surface area contributed by atoms with E-state index in [1.807, 2.05) is 12.1 Å². The van der Waals surface area contributed by atoms with Crippen LogP contribution in [0.25, 0.3) is 6.08 Å². The Balaban J connectivity index is 1.44. The maximum Gasteiger partial charge on any atom is 0.0639 e. The van der Waals surface area contributed by atoms with Crippen LogP contribution >= 0.6 is 11.6 Å². The smallest absolute Gasteiger partial charge is 0.0639 e. The molecule has 2 aliphatic rings. The number of para-hydroxylation sites is 1. The molecule has 0 bridgehead atoms. The van der Waals surface area contributed by atoms with Gasteiger partial charge in [0.1, 0.15) is 0 Å². The van der Waals surface area contributed by atoms with E-state index in [0.717, 1.165) is 43.3 Å². The fraction of sp³-hybridized carbons (Fsp3) is 0.263. The third-order valence-corrected chi connectivity index (χ3v) is 4.95. The van der Waals surface area contributed by atoms with Gasteiger partial charge in [0.15, 0.2) is 0 Å². The Morgan fingerprint density at radius 3 is 2.23 bits per heavy atom. The van der Waals surface area contributed by atoms with Gasteiger partial charge >= 0.3 is 0 Å². The summed E-state index contributed by atoms with van der Waals surface area (Å²) in [7, 11) is 0. The van der Waals surface area contributed by atoms with Crippen molar-refractivity contribution >= 4 is 23.4 Å². The van der Waals surface area contributed by atoms with Crippen LogP contribution in [0.1, 0.15) is 11.1 Å². The lowest BCUT2D eigenvalue weighted by Gasteiger charge is -2.38. The van der Waals surface area contributed by atoms with Gasteiger partial charge in [-0.25, -0.2) is 0 Å². The molecule has 3 heteroatoms. The second-order valence-corrected chi connectivity index (χ2v) is 6.34. The molecule has 1 aliphatic heterocycles. The monoisotopic (exact) mass is 310 g/mol. The molecule has 0 radical (unpaired) electrons. The highest BCUT2D eigenvalue weighted by Crippen LogP contribution is 2.30. The second-order valence-electron chi connectivity index (χ2n) is 5.94. The Morgan fingerprint density at radius 1 is 0.773 bits per heavy atom. The molecule has 0 aromatic heterocycles. The first-order chi connectivity index (χ1) is 10.8. The highest BCUT2D eigenvalue weighted by Gasteiger charge is 2.23. The molecule has 1 saturated heterocycles. The summed E-state index contributed by atoms with van der Waals surface area (Å²) < 4.78 is 0. The molecular weight excluding hydrogens is 292 g/mol. The van der Waals surface area contributed by atoms with E-state index in [9.17, 15) is 0 Å². The Kier molecular flexibility index (Phi) is 3.55. The quantitative estimate of drug-likeness (QED) is 0.825. The molecule has 0 N–H and O–H groups in total. The average molecular weight is 311 g/mol. The molecule has 112 valence electrons. The maximum absolute atomic E-state index is 6.32. The molecule has 4 rings (SSSR count). The Morgan fingerprint density at radius 2 is 1.45 bits per heavy atom. The first-order valence-electron chi connectivity index (χ1n) is 7.84. The highest BCUT2D eigenvalue weighted by atomic mass is 35.5. The van der Waals surface area contributed by atoms with Crippen LogP contribution in [0.2, 0.25) is 5.02 Å². The van der Waals surface area contributed by atoms with Crippen LogP contribution in [0.15, 0.2) is 54.2 Å². The van der Waals surface area contributed by atoms with Crippen molar-refractivity contribution in [2.75, 3.05) is 31.1 Å². The Hall–Kier alpha value is -1.93. The number of benzene rings is 2. The van der Waals surface area contributed by atoms with Crippen LogP contribution in [0, 0.1) is 0 Å². The topological polar surface area (TPSA) is 6.48 Å². The molecule has 1 fully saturated rings. The van der Waals surface area contributed by atoms with Gasteiger partial charge in [0.25, 0.3) is 0 Å². The van der Waals surface area contributed by atoms with Crippen molar-refractivity contribution in [3.8, 4) is 0 Å². The Labute approximate surface area is 136 Å². The van der Waals surface area contributed by atoms with E-state index < -0.39 is 0 Å². The van der Waals surface area contributed by atoms with Crippen molar-refractivity contribution in [1.29, 1.82) is 0 Å². The molecule has 0 unspecified atom stereocenters. The first kappa shape index (κ1) is 13.7. The van der Waals surface area contributed by atoms with Gasteiger partial charge in [-0.05, 0) is 29.3 Å². The minimum atomic E-state index is 0.850. The van der Waals surface area contributed by atoms with Crippen LogP contribution in [-0.2, 0) is 6.42 Å². The summed E-state index contributed by atoms with van der Waals surface area (Å²) in [6.07, 6.45) is 3.42. The van der Waals surface area contributed by atoms with E-state index >= 15 is 0 Å². The van der Waals surface area contributed by atoms with Gasteiger partial charge < -0.3 is 9.80 Å². The molecule has 2 aromatic rings. The van der Waals surface area contributed by atoms with Crippen molar-refractivity contribution in [3.05, 3.63) is 70.4 Å². The van der Waals surface area contributed by atoms with Gasteiger partial charge in [-0.15, -0.1) is 0 Å². The van der Waals surface area contributed by atoms with E-state index in [1.54, 1.807) is 0 Å². The largest absolute Gasteiger partial charge is 0.371 e. The normalized spacial score (nSPS) is 17.4. The lowest BCUT2D eigenvalue weighted by molar-refractivity contribution is 0.319. The van der Waals surface area contributed by atoms with Crippen LogP contribution < -0.4 is 4.90 Å². The zero-order chi connectivity index (χ0) is 14.9. The number of halogens is 1. The number of anilines is 1. The van der Waals surface area contributed by atoms with E-state index in [-0.39, 0.29) is 0 Å². The number of hydrogen-bond acceptors (Lipinski definition) is 2. The number of nitrogens with zero attached hydrogens (tertiary/aromatic N) is 2. The summed E-state index contributed by atoms with van der Waals surface area (Å²) >= 11 is 6.32. The molecule has 0 saturated carbocycles. The minimum absolute atomic E-state index is 0.850. The number of hydrogen-bond donors (Lipinski definition) is 0. The van der Waals surface area contributed by atoms with Crippen LogP contribution in [0.3, 0.4) is 0 Å². The van der Waals surface area contributed by atoms with Crippen molar-refractivity contribution < 1.29 is 0 Å². The molecule has 22 heavy (non-hydrogen) atoms. The van der Waals surface area contributed by atoms with Crippen molar-refractivity contribution in [3.63, 3.8) is 0 Å². The fourth-order valence-electron chi connectivity index (χ4n) is 3.41. The average Bonchev–Trinajstić information content (AvgIpc) is 2.99. The summed E-state index contributed by atoms with van der Waals surface area (Å²) in [4.78, 5) is 4.91. The highest BCUT2D eigenvalue weighted by molar-refractivity contribution is 6.33. The van der Waals surface area contributed by atoms with E-state index in [4.69, 9.17) is 11.6 Å². The third kappa shape index (κ3) is 2.48. The molecule has 1 heterocycles. The maximum atomic E-state index is 6.32. The summed E-state index contributed by atoms with van der Waals surface area (Å²) in [6.45, 7) is 4.17. The lowest BCUT2D eigenvalue weighted by Crippen LogP contribution is -2.46. The molecular formula is C19H19ClN2. The number of allylic oxidation sites excluding steroid dienone is 1. The predicted octanol–water partition coefficient (Wildman–Crippen LogP) is 4.06. The van der Waals surface area contributed by atoms with Crippen LogP contribution in [0.4, 0.5) is 5.69 Å². The molecule has 2 aromatic carbocycles. The van der Waals surface area contributed by atoms with E-state index in [2.05, 4.69) is 52.3 Å². The number of rotatable bonds is 2. The van der Waals surface area contributed by atoms with Crippen molar-refractivity contribution in [2.45, 2.75) is 6.42 Å². The third-order valence-electron chi connectivity index (χ3n) is 4.63. The fourth-order valence-corrected chi connectivity index (χ4v) is 3.66. The van der Waals surface area contributed by atoms with Crippen molar-refractivity contribution in [2.24, 2.45) is 0 Å². The van der Waals surface area contributed by atoms with Gasteiger partial charge in [0, 0.05) is 38.3 Å². The van der Waals surface area contributed by atoms with Gasteiger partial charge in [-0.1, -0.05) is 48.0 Å². The minimum Gasteiger partial charge on any atom is -0.371 e. The lowest BCUT2D eigenvalue weighted by atomic mass is 10.1. The summed E-state index contributed by atoms with van der Waals surface area (Å²) in [5.74, 6) is 0. The van der Waals surface area contributed by atoms with E-state index in [0.29, 0.717) is 0 Å². The summed E-state index contributed by atoms with van der Waals surface area (Å²) in [5, 5.41) is 0.850. The standard InChI is InChI=1S/C19H19ClN2/c20-18-7-3-4-8-19(18)22-11-9-21(10-12-22)17-13-15-5-1-2-6-16(15)14-17/h1-8,13H,9-12,14H2. The zero-order valence-corrected chi connectivity index (χ0v) is 13.3.